The zero-order chi connectivity index (χ0) is 13.4. The molecule has 0 aromatic heterocycles. The first-order chi connectivity index (χ1) is 8.56. The lowest BCUT2D eigenvalue weighted by Gasteiger charge is -2.14. The molecule has 0 bridgehead atoms. The van der Waals surface area contributed by atoms with Gasteiger partial charge in [0.15, 0.2) is 11.5 Å². The summed E-state index contributed by atoms with van der Waals surface area (Å²) in [5.41, 5.74) is 0.472. The molecule has 0 radical (unpaired) electrons. The van der Waals surface area contributed by atoms with Gasteiger partial charge >= 0.3 is 0 Å². The van der Waals surface area contributed by atoms with Crippen molar-refractivity contribution in [2.45, 2.75) is 0 Å². The standard InChI is InChI=1S/C12H13NO5/c1-13-11(14)6-5-7(16-2)9(17-3)10(18-4)8(6)12(13)15/h5H,1-4H3. The number of ether oxygens (including phenoxy) is 3. The zero-order valence-corrected chi connectivity index (χ0v) is 10.6. The van der Waals surface area contributed by atoms with Crippen molar-refractivity contribution in [3.8, 4) is 17.2 Å². The Morgan fingerprint density at radius 1 is 0.944 bits per heavy atom. The highest BCUT2D eigenvalue weighted by Crippen LogP contribution is 2.44. The summed E-state index contributed by atoms with van der Waals surface area (Å²) in [5.74, 6) is 0.0800. The fourth-order valence-corrected chi connectivity index (χ4v) is 1.98. The second-order valence-corrected chi connectivity index (χ2v) is 3.74. The molecule has 6 nitrogen and oxygen atoms in total. The molecule has 0 saturated carbocycles. The van der Waals surface area contributed by atoms with Gasteiger partial charge in [-0.3, -0.25) is 14.5 Å². The van der Waals surface area contributed by atoms with Crippen LogP contribution in [0.1, 0.15) is 20.7 Å². The number of amides is 2. The summed E-state index contributed by atoms with van der Waals surface area (Å²) in [6.45, 7) is 0. The Morgan fingerprint density at radius 2 is 1.56 bits per heavy atom. The van der Waals surface area contributed by atoms with E-state index in [9.17, 15) is 9.59 Å². The van der Waals surface area contributed by atoms with Crippen LogP contribution >= 0.6 is 0 Å². The molecule has 6 heteroatoms. The van der Waals surface area contributed by atoms with Crippen molar-refractivity contribution in [2.24, 2.45) is 0 Å². The van der Waals surface area contributed by atoms with E-state index in [1.807, 2.05) is 0 Å². The summed E-state index contributed by atoms with van der Waals surface area (Å²) < 4.78 is 15.5. The van der Waals surface area contributed by atoms with Gasteiger partial charge in [-0.2, -0.15) is 0 Å². The van der Waals surface area contributed by atoms with E-state index in [1.54, 1.807) is 0 Å². The molecule has 0 aliphatic carbocycles. The van der Waals surface area contributed by atoms with Gasteiger partial charge in [0.05, 0.1) is 32.5 Å². The molecule has 0 fully saturated rings. The van der Waals surface area contributed by atoms with Gasteiger partial charge in [0.25, 0.3) is 11.8 Å². The van der Waals surface area contributed by atoms with Crippen LogP contribution in [0.25, 0.3) is 0 Å². The molecule has 18 heavy (non-hydrogen) atoms. The van der Waals surface area contributed by atoms with Crippen LogP contribution in [0.5, 0.6) is 17.2 Å². The zero-order valence-electron chi connectivity index (χ0n) is 10.6. The van der Waals surface area contributed by atoms with Crippen LogP contribution in [0.15, 0.2) is 6.07 Å². The molecule has 0 N–H and O–H groups in total. The fourth-order valence-electron chi connectivity index (χ4n) is 1.98. The predicted octanol–water partition coefficient (Wildman–Crippen LogP) is 0.938. The van der Waals surface area contributed by atoms with Crippen LogP contribution < -0.4 is 14.2 Å². The lowest BCUT2D eigenvalue weighted by Crippen LogP contribution is -2.24. The molecule has 2 amide bonds. The van der Waals surface area contributed by atoms with Crippen LogP contribution in [0.3, 0.4) is 0 Å². The lowest BCUT2D eigenvalue weighted by molar-refractivity contribution is 0.0692. The number of rotatable bonds is 3. The molecular weight excluding hydrogens is 238 g/mol. The minimum atomic E-state index is -0.409. The average molecular weight is 251 g/mol. The molecule has 0 spiro atoms. The largest absolute Gasteiger partial charge is 0.493 e. The van der Waals surface area contributed by atoms with E-state index in [0.29, 0.717) is 11.5 Å². The predicted molar refractivity (Wildman–Crippen MR) is 62.5 cm³/mol. The highest BCUT2D eigenvalue weighted by Gasteiger charge is 2.38. The molecular formula is C12H13NO5. The number of hydrogen-bond acceptors (Lipinski definition) is 5. The van der Waals surface area contributed by atoms with E-state index in [1.165, 1.54) is 34.4 Å². The first-order valence-corrected chi connectivity index (χ1v) is 5.22. The van der Waals surface area contributed by atoms with Crippen molar-refractivity contribution in [1.82, 2.24) is 4.90 Å². The van der Waals surface area contributed by atoms with Crippen LogP contribution in [0, 0.1) is 0 Å². The minimum Gasteiger partial charge on any atom is -0.493 e. The summed E-state index contributed by atoms with van der Waals surface area (Å²) in [4.78, 5) is 24.9. The van der Waals surface area contributed by atoms with Crippen molar-refractivity contribution < 1.29 is 23.8 Å². The lowest BCUT2D eigenvalue weighted by atomic mass is 10.1. The van der Waals surface area contributed by atoms with E-state index in [2.05, 4.69) is 0 Å². The maximum Gasteiger partial charge on any atom is 0.265 e. The molecule has 0 saturated heterocycles. The molecule has 1 heterocycles. The van der Waals surface area contributed by atoms with Crippen molar-refractivity contribution in [2.75, 3.05) is 28.4 Å². The van der Waals surface area contributed by atoms with Gasteiger partial charge in [-0.25, -0.2) is 0 Å². The summed E-state index contributed by atoms with van der Waals surface area (Å²) in [6.07, 6.45) is 0. The van der Waals surface area contributed by atoms with Crippen molar-refractivity contribution >= 4 is 11.8 Å². The fraction of sp³-hybridized carbons (Fsp3) is 0.333. The third kappa shape index (κ3) is 1.42. The number of fused-ring (bicyclic) bond motifs is 1. The number of imide groups is 1. The van der Waals surface area contributed by atoms with Gasteiger partial charge in [-0.15, -0.1) is 0 Å². The summed E-state index contributed by atoms with van der Waals surface area (Å²) in [6, 6.07) is 1.49. The quantitative estimate of drug-likeness (QED) is 0.748. The normalized spacial score (nSPS) is 13.7. The molecule has 0 atom stereocenters. The van der Waals surface area contributed by atoms with Gasteiger partial charge < -0.3 is 14.2 Å². The molecule has 0 unspecified atom stereocenters. The van der Waals surface area contributed by atoms with Crippen LogP contribution in [-0.4, -0.2) is 45.1 Å². The maximum atomic E-state index is 12.0. The summed E-state index contributed by atoms with van der Waals surface area (Å²) >= 11 is 0. The second kappa shape index (κ2) is 4.21. The molecule has 2 rings (SSSR count). The van der Waals surface area contributed by atoms with Crippen molar-refractivity contribution in [3.63, 3.8) is 0 Å². The van der Waals surface area contributed by atoms with E-state index < -0.39 is 5.91 Å². The van der Waals surface area contributed by atoms with E-state index >= 15 is 0 Å². The number of methoxy groups -OCH3 is 3. The number of benzene rings is 1. The van der Waals surface area contributed by atoms with E-state index in [-0.39, 0.29) is 22.8 Å². The highest BCUT2D eigenvalue weighted by atomic mass is 16.5. The Balaban J connectivity index is 2.79. The maximum absolute atomic E-state index is 12.0. The van der Waals surface area contributed by atoms with Crippen LogP contribution in [0.4, 0.5) is 0 Å². The van der Waals surface area contributed by atoms with Gasteiger partial charge in [-0.05, 0) is 6.07 Å². The second-order valence-electron chi connectivity index (χ2n) is 3.74. The Kier molecular flexibility index (Phi) is 2.86. The number of carbonyl (C=O) groups excluding carboxylic acids is 2. The minimum absolute atomic E-state index is 0.211. The van der Waals surface area contributed by atoms with Crippen LogP contribution in [0.2, 0.25) is 0 Å². The average Bonchev–Trinajstić information content (AvgIpc) is 2.61. The van der Waals surface area contributed by atoms with E-state index in [4.69, 9.17) is 14.2 Å². The topological polar surface area (TPSA) is 65.1 Å². The number of carbonyl (C=O) groups is 2. The van der Waals surface area contributed by atoms with E-state index in [0.717, 1.165) is 4.90 Å². The third-order valence-electron chi connectivity index (χ3n) is 2.88. The SMILES string of the molecule is COc1cc2c(c(OC)c1OC)C(=O)N(C)C2=O. The number of nitrogens with zero attached hydrogens (tertiary/aromatic N) is 1. The Bertz CT molecular complexity index is 538. The highest BCUT2D eigenvalue weighted by molar-refractivity contribution is 6.23. The number of hydrogen-bond donors (Lipinski definition) is 0. The smallest absolute Gasteiger partial charge is 0.265 e. The van der Waals surface area contributed by atoms with Gasteiger partial charge in [-0.1, -0.05) is 0 Å². The molecule has 1 aliphatic heterocycles. The summed E-state index contributed by atoms with van der Waals surface area (Å²) in [5, 5.41) is 0. The van der Waals surface area contributed by atoms with Gasteiger partial charge in [0, 0.05) is 7.05 Å². The molecule has 96 valence electrons. The summed E-state index contributed by atoms with van der Waals surface area (Å²) in [7, 11) is 5.73. The monoisotopic (exact) mass is 251 g/mol. The molecule has 1 aromatic carbocycles. The van der Waals surface area contributed by atoms with Crippen molar-refractivity contribution in [1.29, 1.82) is 0 Å². The van der Waals surface area contributed by atoms with Crippen LogP contribution in [-0.2, 0) is 0 Å². The molecule has 1 aromatic rings. The third-order valence-corrected chi connectivity index (χ3v) is 2.88. The van der Waals surface area contributed by atoms with Gasteiger partial charge in [0.2, 0.25) is 5.75 Å². The first-order valence-electron chi connectivity index (χ1n) is 5.22. The molecule has 1 aliphatic rings. The van der Waals surface area contributed by atoms with Crippen molar-refractivity contribution in [3.05, 3.63) is 17.2 Å². The first kappa shape index (κ1) is 12.2. The van der Waals surface area contributed by atoms with Gasteiger partial charge in [0.1, 0.15) is 0 Å². The Hall–Kier alpha value is -2.24. The Morgan fingerprint density at radius 3 is 2.06 bits per heavy atom. The Labute approximate surface area is 104 Å².